The van der Waals surface area contributed by atoms with Crippen LogP contribution in [-0.2, 0) is 71.5 Å². The highest BCUT2D eigenvalue weighted by atomic mass is 15.4. The quantitative estimate of drug-likeness (QED) is 0.155. The molecule has 498 valence electrons. The van der Waals surface area contributed by atoms with Crippen molar-refractivity contribution < 1.29 is 18.7 Å². The molecular formula is C87H114N8+4. The molecule has 0 saturated heterocycles. The number of nitrogens with zero attached hydrogens (tertiary/aromatic N) is 8. The number of rotatable bonds is 2. The van der Waals surface area contributed by atoms with Crippen LogP contribution in [0.2, 0.25) is 0 Å². The van der Waals surface area contributed by atoms with Crippen molar-refractivity contribution in [2.24, 2.45) is 28.2 Å². The minimum Gasteiger partial charge on any atom is -0.155 e. The number of aromatic nitrogens is 8. The van der Waals surface area contributed by atoms with Gasteiger partial charge in [0.05, 0.1) is 71.3 Å². The van der Waals surface area contributed by atoms with E-state index in [1.54, 1.807) is 0 Å². The first-order chi connectivity index (χ1) is 44.0. The zero-order valence-corrected chi connectivity index (χ0v) is 64.2. The van der Waals surface area contributed by atoms with E-state index in [9.17, 15) is 0 Å². The van der Waals surface area contributed by atoms with Crippen molar-refractivity contribution >= 4 is 0 Å². The second-order valence-corrected chi connectivity index (χ2v) is 33.4. The molecule has 0 bridgehead atoms. The van der Waals surface area contributed by atoms with Gasteiger partial charge in [0, 0.05) is 71.6 Å². The minimum absolute atomic E-state index is 0.00894. The maximum Gasteiger partial charge on any atom is 0.242 e. The fraction of sp³-hybridized carbons (Fsp3) is 0.448. The van der Waals surface area contributed by atoms with Crippen LogP contribution in [0.3, 0.4) is 0 Å². The summed E-state index contributed by atoms with van der Waals surface area (Å²) in [5, 5.41) is 0. The molecule has 0 atom stereocenters. The highest BCUT2D eigenvalue weighted by molar-refractivity contribution is 5.73. The molecule has 8 heteroatoms. The molecule has 0 fully saturated rings. The van der Waals surface area contributed by atoms with E-state index < -0.39 is 0 Å². The summed E-state index contributed by atoms with van der Waals surface area (Å²) in [5.74, 6) is 0. The van der Waals surface area contributed by atoms with Crippen molar-refractivity contribution in [3.8, 4) is 45.0 Å². The summed E-state index contributed by atoms with van der Waals surface area (Å²) >= 11 is 0. The molecule has 0 radical (unpaired) electrons. The van der Waals surface area contributed by atoms with E-state index in [4.69, 9.17) is 0 Å². The molecule has 4 aliphatic rings. The second-order valence-electron chi connectivity index (χ2n) is 33.4. The highest BCUT2D eigenvalue weighted by Gasteiger charge is 2.59. The molecule has 10 aromatic rings. The molecule has 0 N–H and O–H groups in total. The van der Waals surface area contributed by atoms with E-state index in [2.05, 4.69) is 380 Å². The Morgan fingerprint density at radius 3 is 1.08 bits per heavy atom. The highest BCUT2D eigenvalue weighted by Crippen LogP contribution is 2.55. The SMILES string of the molecule is Cc1cc(C)cc(-c2c(C)n(C)[n+]3c2C(C)(C)C(C)(C)c2cccc(C)c2-3)c1.Cc1cccc2c1-[n+]1c(c(-c3ccccc3)c(C)n1C)C(C)(C)C2(C)C.Cc1cccc2c1-[n+]1c(c(C)c(C)n1C)C(C)(C)C2(C)C.Cc1cccc2c1-n1c(c(C)c[n+]1C)C(C)(C)C2(C)C. The van der Waals surface area contributed by atoms with Crippen molar-refractivity contribution in [3.05, 3.63) is 234 Å². The third kappa shape index (κ3) is 9.60. The van der Waals surface area contributed by atoms with Gasteiger partial charge in [0.25, 0.3) is 0 Å². The average molecular weight is 1270 g/mol. The zero-order chi connectivity index (χ0) is 70.1. The van der Waals surface area contributed by atoms with Gasteiger partial charge in [-0.3, -0.25) is 0 Å². The number of hydrogen-bond donors (Lipinski definition) is 0. The molecule has 0 spiro atoms. The molecule has 8 heterocycles. The number of hydrogen-bond acceptors (Lipinski definition) is 0. The van der Waals surface area contributed by atoms with E-state index in [-0.39, 0.29) is 43.3 Å². The summed E-state index contributed by atoms with van der Waals surface area (Å²) in [7, 11) is 8.71. The predicted octanol–water partition coefficient (Wildman–Crippen LogP) is 18.2. The fourth-order valence-electron chi connectivity index (χ4n) is 17.5. The molecule has 6 aromatic carbocycles. The summed E-state index contributed by atoms with van der Waals surface area (Å²) in [6.07, 6.45) is 2.24. The lowest BCUT2D eigenvalue weighted by atomic mass is 9.59. The van der Waals surface area contributed by atoms with Gasteiger partial charge in [-0.2, -0.15) is 14.0 Å². The first-order valence-electron chi connectivity index (χ1n) is 35.0. The maximum atomic E-state index is 2.48. The Morgan fingerprint density at radius 1 is 0.316 bits per heavy atom. The first-order valence-corrected chi connectivity index (χ1v) is 35.0. The van der Waals surface area contributed by atoms with Crippen LogP contribution in [0.25, 0.3) is 45.0 Å². The standard InChI is InChI=1S/C26H33N2.C24H29N2.C19H27N2.C18H25N2/c1-16-13-17(2)15-20(14-16)22-19(4)27(9)28-23-18(3)11-10-12-21(23)25(5,6)26(7,8)24(22)28;1-16-12-11-15-19-21(16)26-22(24(5,6)23(19,3)4)20(17(2)25(26)7)18-13-9-8-10-14-18;1-12-10-9-11-15-16(12)21-17(13(2)14(3)20(21)8)19(6,7)18(15,4)5;1-12-9-8-10-14-15(12)20-16(13(2)11-19(20)7)18(5,6)17(14,3)4/h10-15H,1-9H3;8-15H,1-7H3;9-11H,1-8H3;8-11H,1-7H3/q4*+1. The number of fused-ring (bicyclic) bond motifs is 12. The van der Waals surface area contributed by atoms with Gasteiger partial charge in [0.2, 0.25) is 34.1 Å². The van der Waals surface area contributed by atoms with E-state index in [1.807, 2.05) is 0 Å². The summed E-state index contributed by atoms with van der Waals surface area (Å²) in [5.41, 5.74) is 37.5. The third-order valence-electron chi connectivity index (χ3n) is 26.1. The van der Waals surface area contributed by atoms with E-state index in [0.717, 1.165) is 0 Å². The summed E-state index contributed by atoms with van der Waals surface area (Å²) < 4.78 is 19.0. The Kier molecular flexibility index (Phi) is 16.3. The van der Waals surface area contributed by atoms with Crippen molar-refractivity contribution in [3.63, 3.8) is 0 Å². The van der Waals surface area contributed by atoms with Gasteiger partial charge in [-0.25, -0.2) is 0 Å². The van der Waals surface area contributed by atoms with Crippen molar-refractivity contribution in [1.29, 1.82) is 0 Å². The molecule has 14 rings (SSSR count). The van der Waals surface area contributed by atoms with Gasteiger partial charge in [-0.15, -0.1) is 9.36 Å². The molecular weight excluding hydrogens is 1160 g/mol. The molecule has 4 aromatic heterocycles. The Hall–Kier alpha value is -7.84. The van der Waals surface area contributed by atoms with Crippen molar-refractivity contribution in [2.45, 2.75) is 230 Å². The average Bonchev–Trinajstić information content (AvgIpc) is 1.68. The lowest BCUT2D eigenvalue weighted by Crippen LogP contribution is -2.58. The predicted molar refractivity (Wildman–Crippen MR) is 395 cm³/mol. The summed E-state index contributed by atoms with van der Waals surface area (Å²) in [6.45, 7) is 62.8. The Labute approximate surface area is 571 Å². The van der Waals surface area contributed by atoms with Gasteiger partial charge in [-0.05, 0) is 140 Å². The molecule has 0 amide bonds. The van der Waals surface area contributed by atoms with E-state index >= 15 is 0 Å². The topological polar surface area (TPSA) is 35.2 Å². The molecule has 95 heavy (non-hydrogen) atoms. The zero-order valence-electron chi connectivity index (χ0n) is 64.2. The van der Waals surface area contributed by atoms with Crippen LogP contribution >= 0.6 is 0 Å². The van der Waals surface area contributed by atoms with Crippen LogP contribution in [0.15, 0.2) is 128 Å². The summed E-state index contributed by atoms with van der Waals surface area (Å²) in [6, 6.07) is 44.7. The fourth-order valence-corrected chi connectivity index (χ4v) is 17.5. The monoisotopic (exact) mass is 1270 g/mol. The van der Waals surface area contributed by atoms with Crippen LogP contribution in [0.4, 0.5) is 0 Å². The lowest BCUT2D eigenvalue weighted by Gasteiger charge is -2.46. The lowest BCUT2D eigenvalue weighted by molar-refractivity contribution is -0.745. The largest absolute Gasteiger partial charge is 0.242 e. The Morgan fingerprint density at radius 2 is 0.663 bits per heavy atom. The number of benzene rings is 6. The smallest absolute Gasteiger partial charge is 0.155 e. The molecule has 0 saturated carbocycles. The molecule has 8 nitrogen and oxygen atoms in total. The van der Waals surface area contributed by atoms with Gasteiger partial charge >= 0.3 is 0 Å². The van der Waals surface area contributed by atoms with Crippen molar-refractivity contribution in [1.82, 2.24) is 18.7 Å². The van der Waals surface area contributed by atoms with Crippen LogP contribution in [-0.4, -0.2) is 18.7 Å². The first kappa shape index (κ1) is 68.5. The molecule has 0 aliphatic carbocycles. The van der Waals surface area contributed by atoms with Crippen LogP contribution < -0.4 is 18.7 Å². The van der Waals surface area contributed by atoms with E-state index in [0.29, 0.717) is 0 Å². The number of aryl methyl sites for hydroxylation is 8. The third-order valence-corrected chi connectivity index (χ3v) is 26.1. The summed E-state index contributed by atoms with van der Waals surface area (Å²) in [4.78, 5) is 0. The number of para-hydroxylation sites is 4. The Balaban J connectivity index is 0.000000130. The van der Waals surface area contributed by atoms with Crippen LogP contribution in [0.5, 0.6) is 0 Å². The van der Waals surface area contributed by atoms with Crippen molar-refractivity contribution in [2.75, 3.05) is 0 Å². The van der Waals surface area contributed by atoms with Gasteiger partial charge in [-0.1, -0.05) is 216 Å². The second kappa shape index (κ2) is 22.6. The minimum atomic E-state index is -0.0210. The van der Waals surface area contributed by atoms with Gasteiger partial charge < -0.3 is 0 Å². The van der Waals surface area contributed by atoms with Crippen LogP contribution in [0.1, 0.15) is 217 Å². The van der Waals surface area contributed by atoms with Gasteiger partial charge in [0.15, 0.2) is 13.2 Å². The normalized spacial score (nSPS) is 17.5. The van der Waals surface area contributed by atoms with E-state index in [1.165, 1.54) is 152 Å². The van der Waals surface area contributed by atoms with Crippen LogP contribution in [0, 0.1) is 76.2 Å². The molecule has 0 unspecified atom stereocenters. The molecule has 4 aliphatic heterocycles. The Bertz CT molecular complexity index is 4730. The van der Waals surface area contributed by atoms with Gasteiger partial charge in [0.1, 0.15) is 5.69 Å². The maximum absolute atomic E-state index is 2.48.